The molecule has 4 rings (SSSR count). The molecule has 1 aliphatic rings. The van der Waals surface area contributed by atoms with Crippen LogP contribution in [0.15, 0.2) is 36.4 Å². The summed E-state index contributed by atoms with van der Waals surface area (Å²) in [4.78, 5) is 27.7. The minimum atomic E-state index is -0.0891. The number of nitrogens with one attached hydrogen (secondary N) is 2. The van der Waals surface area contributed by atoms with Crippen LogP contribution in [0.3, 0.4) is 0 Å². The molecule has 1 heterocycles. The van der Waals surface area contributed by atoms with Gasteiger partial charge in [0.15, 0.2) is 5.13 Å². The molecule has 1 aromatic heterocycles. The molecule has 6 heteroatoms. The van der Waals surface area contributed by atoms with Crippen LogP contribution in [0, 0.1) is 12.8 Å². The van der Waals surface area contributed by atoms with Gasteiger partial charge >= 0.3 is 0 Å². The van der Waals surface area contributed by atoms with Crippen LogP contribution in [-0.4, -0.2) is 16.8 Å². The fourth-order valence-corrected chi connectivity index (χ4v) is 3.82. The summed E-state index contributed by atoms with van der Waals surface area (Å²) in [5.41, 5.74) is 4.91. The van der Waals surface area contributed by atoms with E-state index in [9.17, 15) is 9.59 Å². The first kappa shape index (κ1) is 16.7. The van der Waals surface area contributed by atoms with E-state index in [0.29, 0.717) is 5.13 Å². The maximum absolute atomic E-state index is 11.9. The molecule has 1 fully saturated rings. The smallest absolute Gasteiger partial charge is 0.229 e. The van der Waals surface area contributed by atoms with Gasteiger partial charge in [-0.15, -0.1) is 0 Å². The van der Waals surface area contributed by atoms with Gasteiger partial charge in [0.25, 0.3) is 0 Å². The summed E-state index contributed by atoms with van der Waals surface area (Å²) in [6, 6.07) is 12.0. The van der Waals surface area contributed by atoms with E-state index in [1.165, 1.54) is 18.3 Å². The third kappa shape index (κ3) is 3.46. The Bertz CT molecular complexity index is 1020. The Labute approximate surface area is 155 Å². The largest absolute Gasteiger partial charge is 0.326 e. The second-order valence-corrected chi connectivity index (χ2v) is 7.71. The van der Waals surface area contributed by atoms with Crippen molar-refractivity contribution in [2.45, 2.75) is 26.7 Å². The minimum Gasteiger partial charge on any atom is -0.326 e. The van der Waals surface area contributed by atoms with E-state index >= 15 is 0 Å². The van der Waals surface area contributed by atoms with Crippen LogP contribution >= 0.6 is 11.3 Å². The molecule has 3 aromatic rings. The Hall–Kier alpha value is -2.73. The lowest BCUT2D eigenvalue weighted by atomic mass is 10.00. The van der Waals surface area contributed by atoms with Gasteiger partial charge in [0.2, 0.25) is 11.8 Å². The summed E-state index contributed by atoms with van der Waals surface area (Å²) in [5.74, 6) is 0.147. The number of hydrogen-bond acceptors (Lipinski definition) is 4. The maximum atomic E-state index is 11.9. The molecule has 1 aliphatic carbocycles. The fourth-order valence-electron chi connectivity index (χ4n) is 2.91. The standard InChI is InChI=1S/C20H19N3O2S/c1-11-3-7-15(21-12(2)24)10-16(11)14-6-8-17-18(9-14)26-20(22-17)23-19(25)13-4-5-13/h3,6-10,13H,4-5H2,1-2H3,(H,21,24)(H,22,23,25). The molecule has 2 N–H and O–H groups in total. The highest BCUT2D eigenvalue weighted by Crippen LogP contribution is 2.35. The summed E-state index contributed by atoms with van der Waals surface area (Å²) >= 11 is 1.49. The number of amides is 2. The second-order valence-electron chi connectivity index (χ2n) is 6.68. The first-order valence-electron chi connectivity index (χ1n) is 8.59. The van der Waals surface area contributed by atoms with Crippen LogP contribution < -0.4 is 10.6 Å². The molecule has 0 spiro atoms. The van der Waals surface area contributed by atoms with Crippen LogP contribution in [-0.2, 0) is 9.59 Å². The lowest BCUT2D eigenvalue weighted by Gasteiger charge is -2.09. The van der Waals surface area contributed by atoms with E-state index in [2.05, 4.69) is 21.7 Å². The molecule has 0 radical (unpaired) electrons. The number of carbonyl (C=O) groups excluding carboxylic acids is 2. The van der Waals surface area contributed by atoms with Crippen molar-refractivity contribution in [3.63, 3.8) is 0 Å². The molecular formula is C20H19N3O2S. The van der Waals surface area contributed by atoms with Gasteiger partial charge in [0.05, 0.1) is 10.2 Å². The second kappa shape index (κ2) is 6.53. The molecule has 1 saturated carbocycles. The zero-order valence-electron chi connectivity index (χ0n) is 14.6. The summed E-state index contributed by atoms with van der Waals surface area (Å²) < 4.78 is 1.03. The highest BCUT2D eigenvalue weighted by atomic mass is 32.1. The van der Waals surface area contributed by atoms with E-state index in [1.54, 1.807) is 0 Å². The molecule has 26 heavy (non-hydrogen) atoms. The van der Waals surface area contributed by atoms with Gasteiger partial charge in [-0.05, 0) is 60.7 Å². The number of carbonyl (C=O) groups is 2. The van der Waals surface area contributed by atoms with Crippen molar-refractivity contribution in [1.29, 1.82) is 0 Å². The van der Waals surface area contributed by atoms with Crippen molar-refractivity contribution in [1.82, 2.24) is 4.98 Å². The van der Waals surface area contributed by atoms with Crippen LogP contribution in [0.5, 0.6) is 0 Å². The number of hydrogen-bond donors (Lipinski definition) is 2. The molecule has 0 bridgehead atoms. The number of anilines is 2. The van der Waals surface area contributed by atoms with E-state index < -0.39 is 0 Å². The molecular weight excluding hydrogens is 346 g/mol. The Balaban J connectivity index is 1.66. The average molecular weight is 365 g/mol. The summed E-state index contributed by atoms with van der Waals surface area (Å²) in [6.07, 6.45) is 1.95. The first-order valence-corrected chi connectivity index (χ1v) is 9.41. The Morgan fingerprint density at radius 3 is 2.65 bits per heavy atom. The van der Waals surface area contributed by atoms with Gasteiger partial charge in [-0.3, -0.25) is 9.59 Å². The zero-order chi connectivity index (χ0) is 18.3. The first-order chi connectivity index (χ1) is 12.5. The quantitative estimate of drug-likeness (QED) is 0.711. The topological polar surface area (TPSA) is 71.1 Å². The Morgan fingerprint density at radius 1 is 1.12 bits per heavy atom. The van der Waals surface area contributed by atoms with Crippen molar-refractivity contribution in [3.05, 3.63) is 42.0 Å². The maximum Gasteiger partial charge on any atom is 0.229 e. The van der Waals surface area contributed by atoms with Gasteiger partial charge in [-0.1, -0.05) is 23.5 Å². The minimum absolute atomic E-state index is 0.0723. The van der Waals surface area contributed by atoms with Crippen molar-refractivity contribution >= 4 is 44.2 Å². The number of aromatic nitrogens is 1. The van der Waals surface area contributed by atoms with E-state index in [4.69, 9.17) is 0 Å². The SMILES string of the molecule is CC(=O)Nc1ccc(C)c(-c2ccc3nc(NC(=O)C4CC4)sc3c2)c1. The van der Waals surface area contributed by atoms with E-state index in [-0.39, 0.29) is 17.7 Å². The highest BCUT2D eigenvalue weighted by molar-refractivity contribution is 7.22. The lowest BCUT2D eigenvalue weighted by Crippen LogP contribution is -2.12. The molecule has 0 atom stereocenters. The molecule has 0 unspecified atom stereocenters. The predicted octanol–water partition coefficient (Wildman–Crippen LogP) is 4.58. The van der Waals surface area contributed by atoms with Crippen molar-refractivity contribution in [2.24, 2.45) is 5.92 Å². The van der Waals surface area contributed by atoms with Crippen molar-refractivity contribution in [2.75, 3.05) is 10.6 Å². The number of fused-ring (bicyclic) bond motifs is 1. The van der Waals surface area contributed by atoms with E-state index in [1.807, 2.05) is 37.3 Å². The van der Waals surface area contributed by atoms with Gasteiger partial charge in [-0.2, -0.15) is 0 Å². The molecule has 132 valence electrons. The number of rotatable bonds is 4. The molecule has 0 aliphatic heterocycles. The molecule has 2 aromatic carbocycles. The van der Waals surface area contributed by atoms with Crippen molar-refractivity contribution < 1.29 is 9.59 Å². The van der Waals surface area contributed by atoms with Crippen molar-refractivity contribution in [3.8, 4) is 11.1 Å². The third-order valence-corrected chi connectivity index (χ3v) is 5.37. The number of thiazole rings is 1. The Kier molecular flexibility index (Phi) is 4.20. The Morgan fingerprint density at radius 2 is 1.92 bits per heavy atom. The summed E-state index contributed by atoms with van der Waals surface area (Å²) in [6.45, 7) is 3.55. The zero-order valence-corrected chi connectivity index (χ0v) is 15.4. The predicted molar refractivity (Wildman–Crippen MR) is 105 cm³/mol. The highest BCUT2D eigenvalue weighted by Gasteiger charge is 2.30. The van der Waals surface area contributed by atoms with Crippen LogP contribution in [0.4, 0.5) is 10.8 Å². The van der Waals surface area contributed by atoms with E-state index in [0.717, 1.165) is 45.4 Å². The molecule has 5 nitrogen and oxygen atoms in total. The van der Waals surface area contributed by atoms with Gasteiger partial charge in [0.1, 0.15) is 0 Å². The monoisotopic (exact) mass is 365 g/mol. The van der Waals surface area contributed by atoms with Gasteiger partial charge in [-0.25, -0.2) is 4.98 Å². The third-order valence-electron chi connectivity index (χ3n) is 4.44. The summed E-state index contributed by atoms with van der Waals surface area (Å²) in [5, 5.41) is 6.39. The molecule has 2 amide bonds. The number of benzene rings is 2. The fraction of sp³-hybridized carbons (Fsp3) is 0.250. The van der Waals surface area contributed by atoms with Crippen LogP contribution in [0.25, 0.3) is 21.3 Å². The number of aryl methyl sites for hydroxylation is 1. The molecule has 0 saturated heterocycles. The number of nitrogens with zero attached hydrogens (tertiary/aromatic N) is 1. The summed E-state index contributed by atoms with van der Waals surface area (Å²) in [7, 11) is 0. The normalized spacial score (nSPS) is 13.6. The van der Waals surface area contributed by atoms with Crippen LogP contribution in [0.1, 0.15) is 25.3 Å². The van der Waals surface area contributed by atoms with Crippen LogP contribution in [0.2, 0.25) is 0 Å². The lowest BCUT2D eigenvalue weighted by molar-refractivity contribution is -0.117. The average Bonchev–Trinajstić information content (AvgIpc) is 3.36. The van der Waals surface area contributed by atoms with Gasteiger partial charge in [0, 0.05) is 18.5 Å². The van der Waals surface area contributed by atoms with Gasteiger partial charge < -0.3 is 10.6 Å².